The molecule has 0 aliphatic rings. The molecule has 1 radical (unpaired) electrons. The van der Waals surface area contributed by atoms with Gasteiger partial charge in [0.2, 0.25) is 0 Å². The minimum Gasteiger partial charge on any atom is -0.367 e. The average Bonchev–Trinajstić information content (AvgIpc) is 2.19. The number of hydrogen-bond donors (Lipinski definition) is 6. The standard InChI is InChI=1S/C8H21NO7P2.Na/c1-2-3-4-6-9-7-5-8(10,17(11,12)13)18(14,15)16;/h9-10H,2-7H2,1H3,(H2,11,12,13)(H2,14,15,16);. The Labute approximate surface area is 134 Å². The van der Waals surface area contributed by atoms with E-state index in [0.29, 0.717) is 6.54 Å². The summed E-state index contributed by atoms with van der Waals surface area (Å²) in [6.45, 7) is 2.49. The molecule has 11 heteroatoms. The number of unbranched alkanes of at least 4 members (excludes halogenated alkanes) is 2. The molecule has 0 spiro atoms. The van der Waals surface area contributed by atoms with Gasteiger partial charge >= 0.3 is 15.2 Å². The van der Waals surface area contributed by atoms with Crippen LogP contribution in [-0.4, -0.2) is 72.4 Å². The molecule has 0 saturated heterocycles. The Morgan fingerprint density at radius 1 is 1.00 bits per heavy atom. The summed E-state index contributed by atoms with van der Waals surface area (Å²) in [5.74, 6) is 0. The molecule has 0 fully saturated rings. The molecule has 0 rings (SSSR count). The predicted octanol–water partition coefficient (Wildman–Crippen LogP) is -0.223. The maximum atomic E-state index is 11.0. The molecule has 19 heavy (non-hydrogen) atoms. The van der Waals surface area contributed by atoms with Crippen molar-refractivity contribution in [3.63, 3.8) is 0 Å². The smallest absolute Gasteiger partial charge is 0.367 e. The minimum absolute atomic E-state index is 0. The Kier molecular flexibility index (Phi) is 11.0. The third-order valence-electron chi connectivity index (χ3n) is 2.53. The van der Waals surface area contributed by atoms with Gasteiger partial charge in [-0.15, -0.1) is 0 Å². The van der Waals surface area contributed by atoms with Crippen molar-refractivity contribution in [3.8, 4) is 0 Å². The summed E-state index contributed by atoms with van der Waals surface area (Å²) in [5.41, 5.74) is 0. The van der Waals surface area contributed by atoms with Gasteiger partial charge in [0, 0.05) is 36.0 Å². The summed E-state index contributed by atoms with van der Waals surface area (Å²) in [6, 6.07) is 0. The Morgan fingerprint density at radius 2 is 1.47 bits per heavy atom. The van der Waals surface area contributed by atoms with Gasteiger partial charge in [0.05, 0.1) is 0 Å². The van der Waals surface area contributed by atoms with Gasteiger partial charge in [0.25, 0.3) is 5.08 Å². The summed E-state index contributed by atoms with van der Waals surface area (Å²) in [4.78, 5) is 35.4. The van der Waals surface area contributed by atoms with Crippen LogP contribution in [0.2, 0.25) is 0 Å². The molecule has 0 saturated carbocycles. The van der Waals surface area contributed by atoms with Crippen molar-refractivity contribution >= 4 is 44.7 Å². The van der Waals surface area contributed by atoms with Crippen molar-refractivity contribution < 1.29 is 33.8 Å². The average molecular weight is 328 g/mol. The number of rotatable bonds is 9. The van der Waals surface area contributed by atoms with E-state index in [2.05, 4.69) is 5.32 Å². The molecule has 6 N–H and O–H groups in total. The molecule has 111 valence electrons. The van der Waals surface area contributed by atoms with E-state index in [1.165, 1.54) is 0 Å². The first-order valence-electron chi connectivity index (χ1n) is 5.60. The van der Waals surface area contributed by atoms with Crippen LogP contribution in [0.15, 0.2) is 0 Å². The molecule has 0 aromatic carbocycles. The van der Waals surface area contributed by atoms with Crippen LogP contribution >= 0.6 is 15.2 Å². The zero-order valence-corrected chi connectivity index (χ0v) is 15.0. The minimum atomic E-state index is -5.32. The summed E-state index contributed by atoms with van der Waals surface area (Å²) in [5, 5.41) is 8.99. The van der Waals surface area contributed by atoms with Crippen LogP contribution in [0.25, 0.3) is 0 Å². The Balaban J connectivity index is 0. The van der Waals surface area contributed by atoms with Crippen molar-refractivity contribution in [2.24, 2.45) is 0 Å². The van der Waals surface area contributed by atoms with Gasteiger partial charge < -0.3 is 30.0 Å². The van der Waals surface area contributed by atoms with Gasteiger partial charge in [0.15, 0.2) is 0 Å². The summed E-state index contributed by atoms with van der Waals surface area (Å²) in [7, 11) is -10.6. The molecular formula is C8H21NNaO7P2. The summed E-state index contributed by atoms with van der Waals surface area (Å²) >= 11 is 0. The first-order valence-corrected chi connectivity index (χ1v) is 8.83. The maximum Gasteiger partial charge on any atom is 0.369 e. The zero-order valence-electron chi connectivity index (χ0n) is 11.2. The monoisotopic (exact) mass is 328 g/mol. The summed E-state index contributed by atoms with van der Waals surface area (Å²) < 4.78 is 22.0. The van der Waals surface area contributed by atoms with Crippen molar-refractivity contribution in [3.05, 3.63) is 0 Å². The van der Waals surface area contributed by atoms with E-state index in [9.17, 15) is 14.2 Å². The molecule has 0 bridgehead atoms. The van der Waals surface area contributed by atoms with E-state index in [0.717, 1.165) is 19.3 Å². The third kappa shape index (κ3) is 7.16. The van der Waals surface area contributed by atoms with Crippen molar-refractivity contribution in [1.82, 2.24) is 5.32 Å². The Hall–Kier alpha value is 1.22. The maximum absolute atomic E-state index is 11.0. The molecule has 0 aliphatic heterocycles. The van der Waals surface area contributed by atoms with Gasteiger partial charge in [-0.1, -0.05) is 19.8 Å². The molecule has 0 aromatic heterocycles. The first-order chi connectivity index (χ1) is 8.06. The topological polar surface area (TPSA) is 147 Å². The Bertz CT molecular complexity index is 320. The molecule has 0 aromatic rings. The normalized spacial score (nSPS) is 13.2. The fourth-order valence-corrected chi connectivity index (χ4v) is 3.51. The van der Waals surface area contributed by atoms with Gasteiger partial charge in [0.1, 0.15) is 0 Å². The molecule has 0 atom stereocenters. The van der Waals surface area contributed by atoms with E-state index in [1.54, 1.807) is 0 Å². The van der Waals surface area contributed by atoms with E-state index >= 15 is 0 Å². The van der Waals surface area contributed by atoms with Gasteiger partial charge in [-0.05, 0) is 19.5 Å². The fourth-order valence-electron chi connectivity index (χ4n) is 1.34. The molecule has 0 aliphatic carbocycles. The van der Waals surface area contributed by atoms with Gasteiger partial charge in [-0.3, -0.25) is 9.13 Å². The first kappa shape index (κ1) is 22.5. The van der Waals surface area contributed by atoms with E-state index in [1.807, 2.05) is 6.92 Å². The van der Waals surface area contributed by atoms with Crippen molar-refractivity contribution in [1.29, 1.82) is 0 Å². The van der Waals surface area contributed by atoms with Crippen LogP contribution in [0.3, 0.4) is 0 Å². The molecule has 0 unspecified atom stereocenters. The van der Waals surface area contributed by atoms with Crippen molar-refractivity contribution in [2.75, 3.05) is 13.1 Å². The van der Waals surface area contributed by atoms with E-state index in [-0.39, 0.29) is 36.1 Å². The molecule has 0 amide bonds. The van der Waals surface area contributed by atoms with Crippen LogP contribution in [0.5, 0.6) is 0 Å². The van der Waals surface area contributed by atoms with Gasteiger partial charge in [-0.25, -0.2) is 0 Å². The fraction of sp³-hybridized carbons (Fsp3) is 1.00. The van der Waals surface area contributed by atoms with Crippen LogP contribution in [0, 0.1) is 0 Å². The second-order valence-corrected chi connectivity index (χ2v) is 8.08. The van der Waals surface area contributed by atoms with Crippen LogP contribution in [-0.2, 0) is 9.13 Å². The summed E-state index contributed by atoms with van der Waals surface area (Å²) in [6.07, 6.45) is 2.12. The number of nitrogens with one attached hydrogen (secondary N) is 1. The van der Waals surface area contributed by atoms with Gasteiger partial charge in [-0.2, -0.15) is 0 Å². The molecule has 8 nitrogen and oxygen atoms in total. The SMILES string of the molecule is CCCCCNCCC(O)(P(=O)(O)O)P(=O)(O)O.[Na]. The van der Waals surface area contributed by atoms with Crippen molar-refractivity contribution in [2.45, 2.75) is 37.7 Å². The second-order valence-electron chi connectivity index (χ2n) is 4.07. The van der Waals surface area contributed by atoms with Crippen LogP contribution in [0.4, 0.5) is 0 Å². The second kappa shape index (κ2) is 9.28. The third-order valence-corrected chi connectivity index (χ3v) is 6.40. The molecule has 0 heterocycles. The van der Waals surface area contributed by atoms with Crippen LogP contribution < -0.4 is 5.32 Å². The predicted molar refractivity (Wildman–Crippen MR) is 71.8 cm³/mol. The largest absolute Gasteiger partial charge is 0.369 e. The number of hydrogen-bond acceptors (Lipinski definition) is 4. The van der Waals surface area contributed by atoms with E-state index < -0.39 is 26.7 Å². The van der Waals surface area contributed by atoms with Crippen LogP contribution in [0.1, 0.15) is 32.6 Å². The zero-order chi connectivity index (χ0) is 14.4. The van der Waals surface area contributed by atoms with E-state index in [4.69, 9.17) is 19.6 Å². The molecular weight excluding hydrogens is 307 g/mol. The quantitative estimate of drug-likeness (QED) is 0.193. The Morgan fingerprint density at radius 3 is 1.84 bits per heavy atom. The number of aliphatic hydroxyl groups is 1.